The lowest BCUT2D eigenvalue weighted by molar-refractivity contribution is -0.137. The van der Waals surface area contributed by atoms with Crippen LogP contribution in [-0.2, 0) is 6.18 Å². The zero-order valence-corrected chi connectivity index (χ0v) is 9.77. The first-order valence-corrected chi connectivity index (χ1v) is 5.26. The van der Waals surface area contributed by atoms with Crippen LogP contribution in [0.25, 0.3) is 0 Å². The molecule has 0 saturated heterocycles. The van der Waals surface area contributed by atoms with Crippen molar-refractivity contribution >= 4 is 5.78 Å². The molecule has 0 atom stereocenters. The summed E-state index contributed by atoms with van der Waals surface area (Å²) in [5.41, 5.74) is -1.03. The van der Waals surface area contributed by atoms with Crippen molar-refractivity contribution < 1.29 is 22.4 Å². The van der Waals surface area contributed by atoms with Crippen LogP contribution in [0.2, 0.25) is 0 Å². The van der Waals surface area contributed by atoms with E-state index in [1.54, 1.807) is 6.92 Å². The lowest BCUT2D eigenvalue weighted by atomic mass is 9.99. The molecule has 0 saturated carbocycles. The molecule has 0 radical (unpaired) electrons. The summed E-state index contributed by atoms with van der Waals surface area (Å²) in [6.07, 6.45) is -4.49. The van der Waals surface area contributed by atoms with Crippen molar-refractivity contribution in [2.75, 3.05) is 0 Å². The number of Topliss-reactive ketones (excluding diaryl/α,β-unsaturated/α-hetero) is 1. The first-order chi connectivity index (χ1) is 8.21. The van der Waals surface area contributed by atoms with Crippen LogP contribution in [0.1, 0.15) is 35.7 Å². The number of ketones is 1. The summed E-state index contributed by atoms with van der Waals surface area (Å²) < 4.78 is 50.9. The Morgan fingerprint density at radius 1 is 1.28 bits per heavy atom. The molecule has 0 spiro atoms. The van der Waals surface area contributed by atoms with Crippen molar-refractivity contribution in [1.29, 1.82) is 0 Å². The highest BCUT2D eigenvalue weighted by atomic mass is 19.4. The molecular weight excluding hydrogens is 248 g/mol. The van der Waals surface area contributed by atoms with Gasteiger partial charge in [0.05, 0.1) is 5.56 Å². The normalized spacial score (nSPS) is 11.4. The van der Waals surface area contributed by atoms with Crippen LogP contribution in [-0.4, -0.2) is 5.78 Å². The van der Waals surface area contributed by atoms with E-state index >= 15 is 0 Å². The van der Waals surface area contributed by atoms with E-state index in [1.807, 2.05) is 0 Å². The van der Waals surface area contributed by atoms with Crippen molar-refractivity contribution in [3.05, 3.63) is 47.3 Å². The zero-order valence-electron chi connectivity index (χ0n) is 9.77. The molecule has 0 aliphatic rings. The van der Waals surface area contributed by atoms with Gasteiger partial charge in [-0.2, -0.15) is 13.2 Å². The third kappa shape index (κ3) is 3.68. The van der Waals surface area contributed by atoms with Crippen LogP contribution in [0, 0.1) is 5.82 Å². The van der Waals surface area contributed by atoms with E-state index in [4.69, 9.17) is 0 Å². The summed E-state index contributed by atoms with van der Waals surface area (Å²) in [6, 6.07) is 1.91. The van der Waals surface area contributed by atoms with Crippen molar-refractivity contribution in [1.82, 2.24) is 0 Å². The molecule has 18 heavy (non-hydrogen) atoms. The number of halogens is 4. The van der Waals surface area contributed by atoms with Gasteiger partial charge in [0.15, 0.2) is 5.78 Å². The smallest absolute Gasteiger partial charge is 0.294 e. The minimum atomic E-state index is -4.66. The number of carbonyl (C=O) groups is 1. The maximum absolute atomic E-state index is 13.0. The lowest BCUT2D eigenvalue weighted by Crippen LogP contribution is -2.13. The molecule has 98 valence electrons. The molecule has 0 heterocycles. The van der Waals surface area contributed by atoms with E-state index in [0.29, 0.717) is 23.8 Å². The van der Waals surface area contributed by atoms with E-state index in [0.717, 1.165) is 0 Å². The maximum atomic E-state index is 13.0. The first kappa shape index (κ1) is 14.4. The Bertz CT molecular complexity index is 474. The monoisotopic (exact) mass is 260 g/mol. The fourth-order valence-electron chi connectivity index (χ4n) is 1.46. The molecule has 1 rings (SSSR count). The standard InChI is InChI=1S/C13H12F4O/c1-8(2)3-6-12(18)10-7-9(14)4-5-11(10)13(15,16)17/h4-5,7H,1,3,6H2,2H3. The van der Waals surface area contributed by atoms with Crippen LogP contribution >= 0.6 is 0 Å². The molecule has 0 aliphatic carbocycles. The minimum Gasteiger partial charge on any atom is -0.294 e. The third-order valence-electron chi connectivity index (χ3n) is 2.37. The molecule has 1 nitrogen and oxygen atoms in total. The van der Waals surface area contributed by atoms with Crippen LogP contribution in [0.3, 0.4) is 0 Å². The Hall–Kier alpha value is -1.65. The fourth-order valence-corrected chi connectivity index (χ4v) is 1.46. The third-order valence-corrected chi connectivity index (χ3v) is 2.37. The van der Waals surface area contributed by atoms with Gasteiger partial charge >= 0.3 is 6.18 Å². The van der Waals surface area contributed by atoms with Gasteiger partial charge in [0.1, 0.15) is 5.82 Å². The van der Waals surface area contributed by atoms with Gasteiger partial charge < -0.3 is 0 Å². The van der Waals surface area contributed by atoms with E-state index in [1.165, 1.54) is 0 Å². The van der Waals surface area contributed by atoms with Crippen LogP contribution in [0.5, 0.6) is 0 Å². The number of carbonyl (C=O) groups excluding carboxylic acids is 1. The van der Waals surface area contributed by atoms with Crippen LogP contribution < -0.4 is 0 Å². The summed E-state index contributed by atoms with van der Waals surface area (Å²) in [5.74, 6) is -1.59. The fraction of sp³-hybridized carbons (Fsp3) is 0.308. The molecular formula is C13H12F4O. The highest BCUT2D eigenvalue weighted by Crippen LogP contribution is 2.33. The number of benzene rings is 1. The minimum absolute atomic E-state index is 0.109. The largest absolute Gasteiger partial charge is 0.417 e. The molecule has 0 amide bonds. The van der Waals surface area contributed by atoms with Gasteiger partial charge in [0.2, 0.25) is 0 Å². The Morgan fingerprint density at radius 2 is 1.89 bits per heavy atom. The highest BCUT2D eigenvalue weighted by molar-refractivity contribution is 5.97. The van der Waals surface area contributed by atoms with E-state index < -0.39 is 28.9 Å². The van der Waals surface area contributed by atoms with Crippen molar-refractivity contribution in [3.63, 3.8) is 0 Å². The van der Waals surface area contributed by atoms with Crippen LogP contribution in [0.15, 0.2) is 30.4 Å². The summed E-state index contributed by atoms with van der Waals surface area (Å²) in [5, 5.41) is 0. The number of hydrogen-bond donors (Lipinski definition) is 0. The SMILES string of the molecule is C=C(C)CCC(=O)c1cc(F)ccc1C(F)(F)F. The molecule has 1 aromatic rings. The van der Waals surface area contributed by atoms with Gasteiger partial charge in [0.25, 0.3) is 0 Å². The molecule has 1 aromatic carbocycles. The second-order valence-electron chi connectivity index (χ2n) is 4.07. The van der Waals surface area contributed by atoms with E-state index in [2.05, 4.69) is 6.58 Å². The number of hydrogen-bond acceptors (Lipinski definition) is 1. The van der Waals surface area contributed by atoms with Gasteiger partial charge in [-0.05, 0) is 31.5 Å². The second-order valence-corrected chi connectivity index (χ2v) is 4.07. The summed E-state index contributed by atoms with van der Waals surface area (Å²) in [4.78, 5) is 11.7. The number of alkyl halides is 3. The van der Waals surface area contributed by atoms with Crippen molar-refractivity contribution in [2.24, 2.45) is 0 Å². The average molecular weight is 260 g/mol. The molecule has 0 N–H and O–H groups in total. The Morgan fingerprint density at radius 3 is 2.39 bits per heavy atom. The van der Waals surface area contributed by atoms with E-state index in [9.17, 15) is 22.4 Å². The molecule has 0 bridgehead atoms. The Balaban J connectivity index is 3.09. The van der Waals surface area contributed by atoms with Crippen molar-refractivity contribution in [2.45, 2.75) is 25.9 Å². The zero-order chi connectivity index (χ0) is 13.9. The predicted octanol–water partition coefficient (Wildman–Crippen LogP) is 4.38. The summed E-state index contributed by atoms with van der Waals surface area (Å²) >= 11 is 0. The topological polar surface area (TPSA) is 17.1 Å². The lowest BCUT2D eigenvalue weighted by Gasteiger charge is -2.12. The van der Waals surface area contributed by atoms with Crippen molar-refractivity contribution in [3.8, 4) is 0 Å². The predicted molar refractivity (Wildman–Crippen MR) is 59.8 cm³/mol. The summed E-state index contributed by atoms with van der Waals surface area (Å²) in [6.45, 7) is 5.23. The molecule has 0 aliphatic heterocycles. The number of allylic oxidation sites excluding steroid dienone is 1. The Labute approximate surface area is 102 Å². The average Bonchev–Trinajstić information content (AvgIpc) is 2.23. The summed E-state index contributed by atoms with van der Waals surface area (Å²) in [7, 11) is 0. The van der Waals surface area contributed by atoms with Gasteiger partial charge in [-0.3, -0.25) is 4.79 Å². The molecule has 0 aromatic heterocycles. The molecule has 0 unspecified atom stereocenters. The first-order valence-electron chi connectivity index (χ1n) is 5.26. The second kappa shape index (κ2) is 5.33. The molecule has 5 heteroatoms. The highest BCUT2D eigenvalue weighted by Gasteiger charge is 2.35. The van der Waals surface area contributed by atoms with Gasteiger partial charge in [-0.25, -0.2) is 4.39 Å². The van der Waals surface area contributed by atoms with Gasteiger partial charge in [-0.15, -0.1) is 6.58 Å². The Kier molecular flexibility index (Phi) is 4.27. The molecule has 0 fully saturated rings. The maximum Gasteiger partial charge on any atom is 0.417 e. The van der Waals surface area contributed by atoms with Gasteiger partial charge in [-0.1, -0.05) is 5.57 Å². The number of rotatable bonds is 4. The van der Waals surface area contributed by atoms with E-state index in [-0.39, 0.29) is 12.8 Å². The quantitative estimate of drug-likeness (QED) is 0.446. The van der Waals surface area contributed by atoms with Crippen LogP contribution in [0.4, 0.5) is 17.6 Å². The van der Waals surface area contributed by atoms with Gasteiger partial charge in [0, 0.05) is 12.0 Å².